The Morgan fingerprint density at radius 2 is 1.94 bits per heavy atom. The van der Waals surface area contributed by atoms with Crippen LogP contribution < -0.4 is 5.32 Å². The van der Waals surface area contributed by atoms with E-state index in [0.717, 1.165) is 19.6 Å². The molecule has 94 valence electrons. The molecular weight excluding hydrogens is 208 g/mol. The summed E-state index contributed by atoms with van der Waals surface area (Å²) < 4.78 is 0. The van der Waals surface area contributed by atoms with E-state index in [4.69, 9.17) is 0 Å². The van der Waals surface area contributed by atoms with Gasteiger partial charge in [-0.1, -0.05) is 44.2 Å². The lowest BCUT2D eigenvalue weighted by Gasteiger charge is -2.39. The maximum absolute atomic E-state index is 3.69. The second-order valence-electron chi connectivity index (χ2n) is 5.60. The highest BCUT2D eigenvalue weighted by molar-refractivity contribution is 5.14. The van der Waals surface area contributed by atoms with Gasteiger partial charge in [-0.3, -0.25) is 4.90 Å². The highest BCUT2D eigenvalue weighted by Crippen LogP contribution is 2.14. The minimum atomic E-state index is 0.597. The Balaban J connectivity index is 1.96. The predicted octanol–water partition coefficient (Wildman–Crippen LogP) is 2.50. The fraction of sp³-hybridized carbons (Fsp3) is 0.600. The van der Waals surface area contributed by atoms with Crippen molar-refractivity contribution in [1.29, 1.82) is 0 Å². The van der Waals surface area contributed by atoms with E-state index in [1.165, 1.54) is 5.56 Å². The van der Waals surface area contributed by atoms with Crippen molar-refractivity contribution in [2.45, 2.75) is 39.4 Å². The lowest BCUT2D eigenvalue weighted by atomic mass is 9.99. The van der Waals surface area contributed by atoms with Gasteiger partial charge in [0.25, 0.3) is 0 Å². The third-order valence-electron chi connectivity index (χ3n) is 3.54. The smallest absolute Gasteiger partial charge is 0.0235 e. The van der Waals surface area contributed by atoms with E-state index in [2.05, 4.69) is 61.3 Å². The molecule has 1 fully saturated rings. The summed E-state index contributed by atoms with van der Waals surface area (Å²) in [6, 6.07) is 12.0. The van der Waals surface area contributed by atoms with E-state index >= 15 is 0 Å². The number of hydrogen-bond acceptors (Lipinski definition) is 2. The Hall–Kier alpha value is -0.860. The van der Waals surface area contributed by atoms with Crippen LogP contribution in [0.3, 0.4) is 0 Å². The Morgan fingerprint density at radius 1 is 1.24 bits per heavy atom. The number of nitrogens with one attached hydrogen (secondary N) is 1. The maximum atomic E-state index is 3.69. The molecule has 2 heteroatoms. The number of nitrogens with zero attached hydrogens (tertiary/aromatic N) is 1. The van der Waals surface area contributed by atoms with Crippen LogP contribution in [0.4, 0.5) is 0 Å². The summed E-state index contributed by atoms with van der Waals surface area (Å²) in [5.41, 5.74) is 1.42. The average molecular weight is 232 g/mol. The van der Waals surface area contributed by atoms with Gasteiger partial charge >= 0.3 is 0 Å². The highest BCUT2D eigenvalue weighted by atomic mass is 15.2. The van der Waals surface area contributed by atoms with Crippen LogP contribution in [0.5, 0.6) is 0 Å². The second-order valence-corrected chi connectivity index (χ2v) is 5.60. The second kappa shape index (κ2) is 5.65. The summed E-state index contributed by atoms with van der Waals surface area (Å²) in [5, 5.41) is 3.69. The molecule has 0 spiro atoms. The molecule has 0 aliphatic carbocycles. The van der Waals surface area contributed by atoms with Crippen molar-refractivity contribution in [3.05, 3.63) is 35.9 Å². The normalized spacial score (nSPS) is 26.4. The molecule has 2 rings (SSSR count). The largest absolute Gasteiger partial charge is 0.309 e. The molecule has 2 unspecified atom stereocenters. The van der Waals surface area contributed by atoms with Crippen LogP contribution in [0.15, 0.2) is 30.3 Å². The molecule has 1 aliphatic heterocycles. The summed E-state index contributed by atoms with van der Waals surface area (Å²) in [6.45, 7) is 10.3. The van der Waals surface area contributed by atoms with Crippen LogP contribution in [0.1, 0.15) is 26.3 Å². The zero-order valence-electron chi connectivity index (χ0n) is 11.2. The standard InChI is InChI=1S/C15H24N2/c1-12(2)15-11-17(9-13(3)16-15)10-14-7-5-4-6-8-14/h4-8,12-13,15-16H,9-11H2,1-3H3. The van der Waals surface area contributed by atoms with Crippen LogP contribution in [-0.4, -0.2) is 30.1 Å². The first-order chi connectivity index (χ1) is 8.15. The minimum absolute atomic E-state index is 0.597. The SMILES string of the molecule is CC1CN(Cc2ccccc2)CC(C(C)C)N1. The molecule has 0 bridgehead atoms. The van der Waals surface area contributed by atoms with E-state index in [9.17, 15) is 0 Å². The van der Waals surface area contributed by atoms with Crippen LogP contribution >= 0.6 is 0 Å². The van der Waals surface area contributed by atoms with Gasteiger partial charge in [-0.25, -0.2) is 0 Å². The number of hydrogen-bond donors (Lipinski definition) is 1. The monoisotopic (exact) mass is 232 g/mol. The van der Waals surface area contributed by atoms with Crippen LogP contribution in [0.2, 0.25) is 0 Å². The molecule has 0 aromatic heterocycles. The van der Waals surface area contributed by atoms with E-state index in [0.29, 0.717) is 18.0 Å². The molecule has 0 amide bonds. The van der Waals surface area contributed by atoms with Gasteiger partial charge in [0.15, 0.2) is 0 Å². The van der Waals surface area contributed by atoms with Crippen LogP contribution in [-0.2, 0) is 6.54 Å². The van der Waals surface area contributed by atoms with Crippen molar-refractivity contribution in [1.82, 2.24) is 10.2 Å². The lowest BCUT2D eigenvalue weighted by Crippen LogP contribution is -2.56. The molecule has 1 aromatic carbocycles. The summed E-state index contributed by atoms with van der Waals surface area (Å²) in [4.78, 5) is 2.57. The van der Waals surface area contributed by atoms with E-state index < -0.39 is 0 Å². The maximum Gasteiger partial charge on any atom is 0.0235 e. The molecule has 2 nitrogen and oxygen atoms in total. The Morgan fingerprint density at radius 3 is 2.59 bits per heavy atom. The van der Waals surface area contributed by atoms with Gasteiger partial charge in [0.1, 0.15) is 0 Å². The molecular formula is C15H24N2. The van der Waals surface area contributed by atoms with Crippen LogP contribution in [0, 0.1) is 5.92 Å². The van der Waals surface area contributed by atoms with Crippen molar-refractivity contribution in [2.75, 3.05) is 13.1 Å². The Labute approximate surface area is 105 Å². The lowest BCUT2D eigenvalue weighted by molar-refractivity contribution is 0.138. The molecule has 0 radical (unpaired) electrons. The number of rotatable bonds is 3. The Kier molecular flexibility index (Phi) is 4.19. The minimum Gasteiger partial charge on any atom is -0.309 e. The van der Waals surface area contributed by atoms with E-state index in [-0.39, 0.29) is 0 Å². The predicted molar refractivity (Wildman–Crippen MR) is 72.9 cm³/mol. The van der Waals surface area contributed by atoms with Crippen molar-refractivity contribution in [3.8, 4) is 0 Å². The van der Waals surface area contributed by atoms with Gasteiger partial charge in [-0.2, -0.15) is 0 Å². The van der Waals surface area contributed by atoms with Crippen molar-refractivity contribution in [2.24, 2.45) is 5.92 Å². The van der Waals surface area contributed by atoms with Crippen molar-refractivity contribution >= 4 is 0 Å². The molecule has 1 N–H and O–H groups in total. The molecule has 1 saturated heterocycles. The molecule has 2 atom stereocenters. The third kappa shape index (κ3) is 3.55. The molecule has 0 saturated carbocycles. The van der Waals surface area contributed by atoms with E-state index in [1.54, 1.807) is 0 Å². The van der Waals surface area contributed by atoms with Gasteiger partial charge < -0.3 is 5.32 Å². The first-order valence-corrected chi connectivity index (χ1v) is 6.67. The van der Waals surface area contributed by atoms with Gasteiger partial charge in [0.2, 0.25) is 0 Å². The van der Waals surface area contributed by atoms with Crippen LogP contribution in [0.25, 0.3) is 0 Å². The van der Waals surface area contributed by atoms with Gasteiger partial charge in [-0.05, 0) is 18.4 Å². The molecule has 17 heavy (non-hydrogen) atoms. The molecule has 1 aliphatic rings. The first-order valence-electron chi connectivity index (χ1n) is 6.67. The number of piperazine rings is 1. The topological polar surface area (TPSA) is 15.3 Å². The highest BCUT2D eigenvalue weighted by Gasteiger charge is 2.25. The fourth-order valence-corrected chi connectivity index (χ4v) is 2.58. The van der Waals surface area contributed by atoms with E-state index in [1.807, 2.05) is 0 Å². The molecule has 1 heterocycles. The zero-order valence-corrected chi connectivity index (χ0v) is 11.2. The fourth-order valence-electron chi connectivity index (χ4n) is 2.58. The summed E-state index contributed by atoms with van der Waals surface area (Å²) in [7, 11) is 0. The molecule has 1 aromatic rings. The zero-order chi connectivity index (χ0) is 12.3. The quantitative estimate of drug-likeness (QED) is 0.861. The van der Waals surface area contributed by atoms with Gasteiger partial charge in [-0.15, -0.1) is 0 Å². The first kappa shape index (κ1) is 12.6. The van der Waals surface area contributed by atoms with Crippen molar-refractivity contribution < 1.29 is 0 Å². The van der Waals surface area contributed by atoms with Gasteiger partial charge in [0, 0.05) is 31.7 Å². The summed E-state index contributed by atoms with van der Waals surface area (Å²) in [6.07, 6.45) is 0. The van der Waals surface area contributed by atoms with Crippen molar-refractivity contribution in [3.63, 3.8) is 0 Å². The number of benzene rings is 1. The third-order valence-corrected chi connectivity index (χ3v) is 3.54. The Bertz CT molecular complexity index is 334. The average Bonchev–Trinajstić information content (AvgIpc) is 2.29. The van der Waals surface area contributed by atoms with Gasteiger partial charge in [0.05, 0.1) is 0 Å². The summed E-state index contributed by atoms with van der Waals surface area (Å²) >= 11 is 0. The summed E-state index contributed by atoms with van der Waals surface area (Å²) in [5.74, 6) is 0.705.